The molecule has 0 amide bonds. The van der Waals surface area contributed by atoms with E-state index in [1.807, 2.05) is 0 Å². The number of hydrogen-bond donors (Lipinski definition) is 0. The van der Waals surface area contributed by atoms with E-state index < -0.39 is 4.92 Å². The minimum absolute atomic E-state index is 0.0240. The predicted molar refractivity (Wildman–Crippen MR) is 74.2 cm³/mol. The van der Waals surface area contributed by atoms with E-state index in [1.54, 1.807) is 13.2 Å². The normalized spacial score (nSPS) is 26.7. The van der Waals surface area contributed by atoms with Gasteiger partial charge in [0.25, 0.3) is 5.69 Å². The summed E-state index contributed by atoms with van der Waals surface area (Å²) < 4.78 is 11.5. The van der Waals surface area contributed by atoms with Gasteiger partial charge in [-0.3, -0.25) is 10.1 Å². The van der Waals surface area contributed by atoms with Gasteiger partial charge in [0.05, 0.1) is 16.0 Å². The zero-order valence-corrected chi connectivity index (χ0v) is 11.9. The molecule has 0 heterocycles. The van der Waals surface area contributed by atoms with Crippen molar-refractivity contribution in [3.63, 3.8) is 0 Å². The summed E-state index contributed by atoms with van der Waals surface area (Å²) in [6.07, 6.45) is 4.64. The van der Waals surface area contributed by atoms with Crippen LogP contribution in [0.1, 0.15) is 25.7 Å². The Morgan fingerprint density at radius 3 is 2.65 bits per heavy atom. The van der Waals surface area contributed by atoms with E-state index >= 15 is 0 Å². The molecule has 3 rings (SSSR count). The van der Waals surface area contributed by atoms with Crippen molar-refractivity contribution in [1.29, 1.82) is 0 Å². The van der Waals surface area contributed by atoms with Crippen molar-refractivity contribution in [3.05, 3.63) is 33.3 Å². The van der Waals surface area contributed by atoms with E-state index in [0.29, 0.717) is 5.75 Å². The topological polar surface area (TPSA) is 61.6 Å². The van der Waals surface area contributed by atoms with Crippen LogP contribution in [0.15, 0.2) is 18.2 Å². The van der Waals surface area contributed by atoms with Crippen LogP contribution in [0.2, 0.25) is 5.02 Å². The molecule has 2 saturated carbocycles. The van der Waals surface area contributed by atoms with Gasteiger partial charge in [-0.25, -0.2) is 0 Å². The predicted octanol–water partition coefficient (Wildman–Crippen LogP) is 3.58. The summed E-state index contributed by atoms with van der Waals surface area (Å²) in [7, 11) is 1.74. The van der Waals surface area contributed by atoms with E-state index in [4.69, 9.17) is 21.1 Å². The molecule has 2 aliphatic rings. The number of nitro groups is 1. The van der Waals surface area contributed by atoms with Gasteiger partial charge in [0.1, 0.15) is 11.9 Å². The number of hydrogen-bond acceptors (Lipinski definition) is 4. The minimum Gasteiger partial charge on any atom is -0.488 e. The summed E-state index contributed by atoms with van der Waals surface area (Å²) in [5, 5.41) is 11.0. The van der Waals surface area contributed by atoms with Crippen molar-refractivity contribution < 1.29 is 14.4 Å². The molecule has 1 aromatic carbocycles. The maximum atomic E-state index is 10.7. The van der Waals surface area contributed by atoms with E-state index in [9.17, 15) is 10.1 Å². The fourth-order valence-electron chi connectivity index (χ4n) is 3.29. The van der Waals surface area contributed by atoms with Gasteiger partial charge in [-0.2, -0.15) is 0 Å². The molecule has 0 aliphatic heterocycles. The molecule has 5 nitrogen and oxygen atoms in total. The van der Waals surface area contributed by atoms with E-state index in [-0.39, 0.29) is 28.3 Å². The molecule has 0 bridgehead atoms. The number of benzene rings is 1. The SMILES string of the molecule is COC1CC(Oc2ccc([N+](=O)[O-])cc2Cl)C12CCC2. The third kappa shape index (κ3) is 1.96. The van der Waals surface area contributed by atoms with E-state index in [1.165, 1.54) is 18.6 Å². The molecular weight excluding hydrogens is 282 g/mol. The molecule has 20 heavy (non-hydrogen) atoms. The second-order valence-corrected chi connectivity index (χ2v) is 5.93. The lowest BCUT2D eigenvalue weighted by Gasteiger charge is -2.59. The molecule has 0 aromatic heterocycles. The molecule has 6 heteroatoms. The van der Waals surface area contributed by atoms with Crippen molar-refractivity contribution in [2.45, 2.75) is 37.9 Å². The Balaban J connectivity index is 1.74. The molecule has 2 atom stereocenters. The van der Waals surface area contributed by atoms with Gasteiger partial charge < -0.3 is 9.47 Å². The average molecular weight is 298 g/mol. The Labute approximate surface area is 122 Å². The fourth-order valence-corrected chi connectivity index (χ4v) is 3.51. The Kier molecular flexibility index (Phi) is 3.34. The monoisotopic (exact) mass is 297 g/mol. The largest absolute Gasteiger partial charge is 0.488 e. The van der Waals surface area contributed by atoms with Crippen molar-refractivity contribution in [1.82, 2.24) is 0 Å². The van der Waals surface area contributed by atoms with Crippen LogP contribution in [0, 0.1) is 15.5 Å². The maximum absolute atomic E-state index is 10.7. The van der Waals surface area contributed by atoms with Gasteiger partial charge in [-0.15, -0.1) is 0 Å². The second-order valence-electron chi connectivity index (χ2n) is 5.53. The van der Waals surface area contributed by atoms with E-state index in [2.05, 4.69) is 0 Å². The molecule has 2 aliphatic carbocycles. The highest BCUT2D eigenvalue weighted by Crippen LogP contribution is 2.58. The molecular formula is C14H16ClNO4. The Bertz CT molecular complexity index is 544. The second kappa shape index (κ2) is 4.90. The van der Waals surface area contributed by atoms with Crippen molar-refractivity contribution in [3.8, 4) is 5.75 Å². The minimum atomic E-state index is -0.465. The highest BCUT2D eigenvalue weighted by atomic mass is 35.5. The van der Waals surface area contributed by atoms with Crippen LogP contribution < -0.4 is 4.74 Å². The number of ether oxygens (including phenoxy) is 2. The van der Waals surface area contributed by atoms with Crippen LogP contribution >= 0.6 is 11.6 Å². The summed E-state index contributed by atoms with van der Waals surface area (Å²) in [6.45, 7) is 0. The molecule has 1 spiro atoms. The maximum Gasteiger partial charge on any atom is 0.271 e. The Morgan fingerprint density at radius 1 is 1.40 bits per heavy atom. The zero-order chi connectivity index (χ0) is 14.3. The highest BCUT2D eigenvalue weighted by molar-refractivity contribution is 6.32. The lowest BCUT2D eigenvalue weighted by molar-refractivity contribution is -0.384. The number of nitrogens with zero attached hydrogens (tertiary/aromatic N) is 1. The molecule has 0 saturated heterocycles. The molecule has 0 N–H and O–H groups in total. The first-order chi connectivity index (χ1) is 9.56. The van der Waals surface area contributed by atoms with Crippen LogP contribution in [0.5, 0.6) is 5.75 Å². The quantitative estimate of drug-likeness (QED) is 0.629. The Morgan fingerprint density at radius 2 is 2.15 bits per heavy atom. The van der Waals surface area contributed by atoms with Gasteiger partial charge in [0.2, 0.25) is 0 Å². The highest BCUT2D eigenvalue weighted by Gasteiger charge is 2.60. The first kappa shape index (κ1) is 13.6. The van der Waals surface area contributed by atoms with Crippen molar-refractivity contribution in [2.75, 3.05) is 7.11 Å². The lowest BCUT2D eigenvalue weighted by Crippen LogP contribution is -2.63. The number of methoxy groups -OCH3 is 1. The van der Waals surface area contributed by atoms with Gasteiger partial charge in [-0.05, 0) is 18.9 Å². The van der Waals surface area contributed by atoms with Gasteiger partial charge >= 0.3 is 0 Å². The Hall–Kier alpha value is -1.33. The molecule has 0 radical (unpaired) electrons. The van der Waals surface area contributed by atoms with Gasteiger partial charge in [0.15, 0.2) is 0 Å². The summed E-state index contributed by atoms with van der Waals surface area (Å²) in [6, 6.07) is 4.32. The number of nitro benzene ring substituents is 1. The number of non-ortho nitro benzene ring substituents is 1. The first-order valence-corrected chi connectivity index (χ1v) is 7.08. The smallest absolute Gasteiger partial charge is 0.271 e. The summed E-state index contributed by atoms with van der Waals surface area (Å²) in [4.78, 5) is 10.2. The van der Waals surface area contributed by atoms with E-state index in [0.717, 1.165) is 19.3 Å². The van der Waals surface area contributed by atoms with Crippen LogP contribution in [0.4, 0.5) is 5.69 Å². The number of rotatable bonds is 4. The van der Waals surface area contributed by atoms with Gasteiger partial charge in [-0.1, -0.05) is 18.0 Å². The molecule has 2 unspecified atom stereocenters. The van der Waals surface area contributed by atoms with Crippen molar-refractivity contribution >= 4 is 17.3 Å². The first-order valence-electron chi connectivity index (χ1n) is 6.70. The standard InChI is InChI=1S/C14H16ClNO4/c1-19-12-8-13(14(12)5-2-6-14)20-11-4-3-9(16(17)18)7-10(11)15/h3-4,7,12-13H,2,5-6,8H2,1H3. The third-order valence-electron chi connectivity index (χ3n) is 4.68. The van der Waals surface area contributed by atoms with Crippen LogP contribution in [0.3, 0.4) is 0 Å². The van der Waals surface area contributed by atoms with Crippen LogP contribution in [-0.4, -0.2) is 24.2 Å². The van der Waals surface area contributed by atoms with Crippen LogP contribution in [-0.2, 0) is 4.74 Å². The molecule has 2 fully saturated rings. The summed E-state index contributed by atoms with van der Waals surface area (Å²) in [5.41, 5.74) is 0.101. The van der Waals surface area contributed by atoms with Crippen molar-refractivity contribution in [2.24, 2.45) is 5.41 Å². The third-order valence-corrected chi connectivity index (χ3v) is 4.97. The summed E-state index contributed by atoms with van der Waals surface area (Å²) >= 11 is 6.06. The number of halogens is 1. The average Bonchev–Trinajstić information content (AvgIpc) is 2.33. The molecule has 1 aromatic rings. The lowest BCUT2D eigenvalue weighted by atomic mass is 9.52. The van der Waals surface area contributed by atoms with Crippen LogP contribution in [0.25, 0.3) is 0 Å². The summed E-state index contributed by atoms with van der Waals surface area (Å²) in [5.74, 6) is 0.517. The van der Waals surface area contributed by atoms with Gasteiger partial charge in [0, 0.05) is 31.1 Å². The zero-order valence-electron chi connectivity index (χ0n) is 11.2. The molecule has 108 valence electrons. The fraction of sp³-hybridized carbons (Fsp3) is 0.571.